The van der Waals surface area contributed by atoms with Gasteiger partial charge in [-0.25, -0.2) is 0 Å². The molecule has 1 aliphatic heterocycles. The third kappa shape index (κ3) is 1.78. The van der Waals surface area contributed by atoms with Crippen molar-refractivity contribution in [1.29, 1.82) is 0 Å². The fourth-order valence-electron chi connectivity index (χ4n) is 2.82. The summed E-state index contributed by atoms with van der Waals surface area (Å²) in [5.74, 6) is 1.15. The van der Waals surface area contributed by atoms with E-state index in [1.54, 1.807) is 11.1 Å². The minimum Gasteiger partial charge on any atom is -0.340 e. The van der Waals surface area contributed by atoms with Crippen LogP contribution in [0, 0.1) is 0 Å². The van der Waals surface area contributed by atoms with Gasteiger partial charge in [0, 0.05) is 13.1 Å². The Morgan fingerprint density at radius 2 is 2.06 bits per heavy atom. The fourth-order valence-corrected chi connectivity index (χ4v) is 2.82. The number of likely N-dealkylation sites (N-methyl/N-ethyl adjacent to an activating group) is 1. The van der Waals surface area contributed by atoms with Crippen molar-refractivity contribution >= 4 is 17.4 Å². The molecule has 0 aromatic carbocycles. The number of amides is 1. The summed E-state index contributed by atoms with van der Waals surface area (Å²) in [6.07, 6.45) is 4.61. The van der Waals surface area contributed by atoms with Crippen LogP contribution in [0.25, 0.3) is 0 Å². The predicted molar refractivity (Wildman–Crippen MR) is 72.9 cm³/mol. The summed E-state index contributed by atoms with van der Waals surface area (Å²) in [6.45, 7) is 6.40. The lowest BCUT2D eigenvalue weighted by Gasteiger charge is -2.43. The Balaban J connectivity index is 2.48. The summed E-state index contributed by atoms with van der Waals surface area (Å²) in [4.78, 5) is 16.3. The number of nitrogens with zero attached hydrogens (tertiary/aromatic N) is 3. The van der Waals surface area contributed by atoms with Gasteiger partial charge in [0.05, 0.1) is 6.20 Å². The average Bonchev–Trinajstić information content (AvgIpc) is 2.86. The van der Waals surface area contributed by atoms with Gasteiger partial charge in [0.15, 0.2) is 0 Å². The minimum atomic E-state index is -0.0761. The van der Waals surface area contributed by atoms with Crippen molar-refractivity contribution in [3.05, 3.63) is 6.20 Å². The number of carbonyl (C=O) groups is 1. The van der Waals surface area contributed by atoms with Crippen molar-refractivity contribution in [2.45, 2.75) is 52.1 Å². The zero-order valence-corrected chi connectivity index (χ0v) is 11.6. The van der Waals surface area contributed by atoms with Gasteiger partial charge in [-0.05, 0) is 19.3 Å². The molecule has 0 fully saturated rings. The normalized spacial score (nSPS) is 19.6. The van der Waals surface area contributed by atoms with Crippen LogP contribution in [0.3, 0.4) is 0 Å². The third-order valence-electron chi connectivity index (χ3n) is 3.89. The molecular formula is C13H22N4O. The number of rotatable bonds is 4. The fraction of sp³-hybridized carbons (Fsp3) is 0.692. The van der Waals surface area contributed by atoms with Gasteiger partial charge in [0.2, 0.25) is 5.91 Å². The van der Waals surface area contributed by atoms with Crippen LogP contribution in [-0.2, 0) is 4.79 Å². The highest BCUT2D eigenvalue weighted by atomic mass is 16.2. The number of H-pyrrole nitrogens is 1. The molecule has 1 N–H and O–H groups in total. The zero-order valence-electron chi connectivity index (χ0n) is 11.6. The SMILES string of the molecule is CCC(CC)N1c2[nH]ncc2N(C)C(=O)C1CC. The Labute approximate surface area is 108 Å². The number of anilines is 2. The molecule has 1 aromatic rings. The summed E-state index contributed by atoms with van der Waals surface area (Å²) >= 11 is 0. The first-order chi connectivity index (χ1) is 8.65. The number of hydrogen-bond acceptors (Lipinski definition) is 3. The summed E-state index contributed by atoms with van der Waals surface area (Å²) in [7, 11) is 1.82. The maximum absolute atomic E-state index is 12.4. The van der Waals surface area contributed by atoms with E-state index < -0.39 is 0 Å². The molecule has 1 atom stereocenters. The van der Waals surface area contributed by atoms with Crippen LogP contribution in [-0.4, -0.2) is 35.2 Å². The van der Waals surface area contributed by atoms with Crippen molar-refractivity contribution < 1.29 is 4.79 Å². The van der Waals surface area contributed by atoms with Gasteiger partial charge in [0.25, 0.3) is 0 Å². The molecule has 1 unspecified atom stereocenters. The van der Waals surface area contributed by atoms with Gasteiger partial charge >= 0.3 is 0 Å². The van der Waals surface area contributed by atoms with Crippen LogP contribution < -0.4 is 9.80 Å². The summed E-state index contributed by atoms with van der Waals surface area (Å²) in [5, 5.41) is 7.15. The van der Waals surface area contributed by atoms with Crippen LogP contribution in [0.1, 0.15) is 40.0 Å². The van der Waals surface area contributed by atoms with Crippen LogP contribution in [0.2, 0.25) is 0 Å². The quantitative estimate of drug-likeness (QED) is 0.891. The highest BCUT2D eigenvalue weighted by molar-refractivity contribution is 6.04. The largest absolute Gasteiger partial charge is 0.340 e. The molecule has 1 amide bonds. The van der Waals surface area contributed by atoms with Gasteiger partial charge in [-0.1, -0.05) is 20.8 Å². The molecule has 5 nitrogen and oxygen atoms in total. The Kier molecular flexibility index (Phi) is 3.59. The molecule has 5 heteroatoms. The highest BCUT2D eigenvalue weighted by Gasteiger charge is 2.39. The first-order valence-corrected chi connectivity index (χ1v) is 6.74. The minimum absolute atomic E-state index is 0.0761. The first-order valence-electron chi connectivity index (χ1n) is 6.74. The Bertz CT molecular complexity index is 424. The number of fused-ring (bicyclic) bond motifs is 1. The Hall–Kier alpha value is -1.52. The summed E-state index contributed by atoms with van der Waals surface area (Å²) in [6, 6.07) is 0.305. The van der Waals surface area contributed by atoms with Crippen molar-refractivity contribution in [2.75, 3.05) is 16.8 Å². The first kappa shape index (κ1) is 12.9. The van der Waals surface area contributed by atoms with Gasteiger partial charge in [-0.3, -0.25) is 9.89 Å². The molecule has 0 saturated carbocycles. The standard InChI is InChI=1S/C13H22N4O/c1-5-9(6-2)17-10(7-3)13(18)16(4)11-8-14-15-12(11)17/h8-10H,5-7H2,1-4H3,(H,14,15). The highest BCUT2D eigenvalue weighted by Crippen LogP contribution is 2.36. The van der Waals surface area contributed by atoms with E-state index in [-0.39, 0.29) is 11.9 Å². The van der Waals surface area contributed by atoms with Gasteiger partial charge in [-0.15, -0.1) is 0 Å². The maximum atomic E-state index is 12.4. The maximum Gasteiger partial charge on any atom is 0.249 e. The molecule has 1 aromatic heterocycles. The topological polar surface area (TPSA) is 52.2 Å². The van der Waals surface area contributed by atoms with E-state index in [4.69, 9.17) is 0 Å². The van der Waals surface area contributed by atoms with E-state index in [2.05, 4.69) is 35.9 Å². The molecule has 0 aliphatic carbocycles. The van der Waals surface area contributed by atoms with Crippen LogP contribution in [0.4, 0.5) is 11.5 Å². The average molecular weight is 250 g/mol. The lowest BCUT2D eigenvalue weighted by Crippen LogP contribution is -2.55. The number of aromatic nitrogens is 2. The van der Waals surface area contributed by atoms with E-state index >= 15 is 0 Å². The number of carbonyl (C=O) groups excluding carboxylic acids is 1. The Morgan fingerprint density at radius 1 is 1.39 bits per heavy atom. The zero-order chi connectivity index (χ0) is 13.3. The molecular weight excluding hydrogens is 228 g/mol. The second kappa shape index (κ2) is 5.00. The predicted octanol–water partition coefficient (Wildman–Crippen LogP) is 2.16. The van der Waals surface area contributed by atoms with Gasteiger partial charge in [0.1, 0.15) is 17.5 Å². The summed E-state index contributed by atoms with van der Waals surface area (Å²) in [5.41, 5.74) is 0.886. The molecule has 18 heavy (non-hydrogen) atoms. The van der Waals surface area contributed by atoms with Crippen LogP contribution >= 0.6 is 0 Å². The third-order valence-corrected chi connectivity index (χ3v) is 3.89. The molecule has 2 rings (SSSR count). The van der Waals surface area contributed by atoms with E-state index in [0.717, 1.165) is 30.8 Å². The number of nitrogens with one attached hydrogen (secondary N) is 1. The van der Waals surface area contributed by atoms with E-state index in [1.165, 1.54) is 0 Å². The summed E-state index contributed by atoms with van der Waals surface area (Å²) < 4.78 is 0. The number of hydrogen-bond donors (Lipinski definition) is 1. The van der Waals surface area contributed by atoms with Crippen molar-refractivity contribution in [3.63, 3.8) is 0 Å². The van der Waals surface area contributed by atoms with Crippen molar-refractivity contribution in [2.24, 2.45) is 0 Å². The lowest BCUT2D eigenvalue weighted by molar-refractivity contribution is -0.120. The van der Waals surface area contributed by atoms with E-state index in [1.807, 2.05) is 7.05 Å². The monoisotopic (exact) mass is 250 g/mol. The molecule has 0 spiro atoms. The smallest absolute Gasteiger partial charge is 0.249 e. The molecule has 0 saturated heterocycles. The molecule has 100 valence electrons. The second-order valence-corrected chi connectivity index (χ2v) is 4.80. The lowest BCUT2D eigenvalue weighted by atomic mass is 10.0. The molecule has 0 bridgehead atoms. The van der Waals surface area contributed by atoms with Crippen molar-refractivity contribution in [3.8, 4) is 0 Å². The van der Waals surface area contributed by atoms with E-state index in [9.17, 15) is 4.79 Å². The Morgan fingerprint density at radius 3 is 2.61 bits per heavy atom. The van der Waals surface area contributed by atoms with Crippen LogP contribution in [0.15, 0.2) is 6.20 Å². The number of aromatic amines is 1. The van der Waals surface area contributed by atoms with Gasteiger partial charge < -0.3 is 9.80 Å². The molecule has 1 aliphatic rings. The molecule has 0 radical (unpaired) electrons. The van der Waals surface area contributed by atoms with Crippen LogP contribution in [0.5, 0.6) is 0 Å². The second-order valence-electron chi connectivity index (χ2n) is 4.80. The van der Waals surface area contributed by atoms with Gasteiger partial charge in [-0.2, -0.15) is 5.10 Å². The van der Waals surface area contributed by atoms with Crippen molar-refractivity contribution in [1.82, 2.24) is 10.2 Å². The van der Waals surface area contributed by atoms with E-state index in [0.29, 0.717) is 6.04 Å². The molecule has 2 heterocycles.